The first-order valence-corrected chi connectivity index (χ1v) is 39.5. The number of hydrogen-bond donors (Lipinski definition) is 0. The predicted molar refractivity (Wildman–Crippen MR) is 483 cm³/mol. The highest BCUT2D eigenvalue weighted by Crippen LogP contribution is 2.53. The zero-order valence-corrected chi connectivity index (χ0v) is 66.4. The minimum atomic E-state index is -2.41. The molecule has 0 saturated carbocycles. The van der Waals surface area contributed by atoms with Crippen LogP contribution in [0.25, 0.3) is 209 Å². The molecule has 1 aliphatic heterocycles. The maximum absolute atomic E-state index is 8.17. The van der Waals surface area contributed by atoms with Gasteiger partial charge >= 0.3 is 7.12 Å². The fraction of sp³-hybridized carbons (Fsp3) is 0.186. The number of furan rings is 9. The van der Waals surface area contributed by atoms with Crippen molar-refractivity contribution in [3.05, 3.63) is 263 Å². The van der Waals surface area contributed by atoms with Gasteiger partial charge in [0.15, 0.2) is 39.1 Å². The molecule has 0 amide bonds. The summed E-state index contributed by atoms with van der Waals surface area (Å²) in [5, 5.41) is 18.5. The number of aromatic nitrogens is 1. The molecule has 12 nitrogen and oxygen atoms in total. The van der Waals surface area contributed by atoms with Gasteiger partial charge in [-0.25, -0.2) is 4.98 Å². The van der Waals surface area contributed by atoms with E-state index >= 15 is 0 Å². The third kappa shape index (κ3) is 11.7. The Labute approximate surface area is 693 Å². The molecule has 1 saturated heterocycles. The van der Waals surface area contributed by atoms with Crippen molar-refractivity contribution in [3.63, 3.8) is 0 Å². The second-order valence-electron chi connectivity index (χ2n) is 33.4. The molecule has 0 unspecified atom stereocenters. The van der Waals surface area contributed by atoms with Crippen molar-refractivity contribution in [2.45, 2.75) is 114 Å². The van der Waals surface area contributed by atoms with Gasteiger partial charge in [-0.2, -0.15) is 0 Å². The average molecular weight is 1590 g/mol. The molecule has 11 heterocycles. The van der Waals surface area contributed by atoms with E-state index in [1.54, 1.807) is 26.8 Å². The van der Waals surface area contributed by atoms with Crippen LogP contribution in [0.5, 0.6) is 0 Å². The number of hydrogen-bond acceptors (Lipinski definition) is 12. The Bertz CT molecular complexity index is 8380. The summed E-state index contributed by atoms with van der Waals surface area (Å²) in [6.45, 7) is 15.1. The van der Waals surface area contributed by atoms with E-state index < -0.39 is 43.8 Å². The van der Waals surface area contributed by atoms with E-state index in [4.69, 9.17) is 83.2 Å². The minimum Gasteiger partial charge on any atom is -0.455 e. The largest absolute Gasteiger partial charge is 0.498 e. The van der Waals surface area contributed by atoms with Gasteiger partial charge in [-0.1, -0.05) is 248 Å². The maximum Gasteiger partial charge on any atom is 0.498 e. The van der Waals surface area contributed by atoms with Crippen LogP contribution >= 0.6 is 23.2 Å². The summed E-state index contributed by atoms with van der Waals surface area (Å²) in [6, 6.07) is 73.4. The van der Waals surface area contributed by atoms with E-state index in [0.29, 0.717) is 50.5 Å². The summed E-state index contributed by atoms with van der Waals surface area (Å²) < 4.78 is 134. The molecule has 23 aromatic rings. The lowest BCUT2D eigenvalue weighted by Crippen LogP contribution is -2.41. The van der Waals surface area contributed by atoms with Crippen molar-refractivity contribution in [2.24, 2.45) is 10.8 Å². The minimum absolute atomic E-state index is 0. The first-order valence-electron chi connectivity index (χ1n) is 42.7. The van der Waals surface area contributed by atoms with Crippen molar-refractivity contribution >= 4 is 233 Å². The topological polar surface area (TPSA) is 150 Å². The van der Waals surface area contributed by atoms with Gasteiger partial charge in [0, 0.05) is 109 Å². The molecule has 0 spiro atoms. The van der Waals surface area contributed by atoms with Crippen molar-refractivity contribution in [1.29, 1.82) is 0 Å². The van der Waals surface area contributed by atoms with Crippen molar-refractivity contribution < 1.29 is 60.0 Å². The van der Waals surface area contributed by atoms with Gasteiger partial charge in [0.2, 0.25) is 0 Å². The number of benzene rings is 13. The lowest BCUT2D eigenvalue weighted by atomic mass is 9.78. The zero-order chi connectivity index (χ0) is 86.1. The predicted octanol–water partition coefficient (Wildman–Crippen LogP) is 30.9. The summed E-state index contributed by atoms with van der Waals surface area (Å²) in [5.41, 5.74) is 15.6. The van der Waals surface area contributed by atoms with Gasteiger partial charge in [0.25, 0.3) is 0 Å². The first kappa shape index (κ1) is 65.0. The van der Waals surface area contributed by atoms with Gasteiger partial charge in [-0.3, -0.25) is 0 Å². The van der Waals surface area contributed by atoms with E-state index in [9.17, 15) is 0 Å². The van der Waals surface area contributed by atoms with Crippen molar-refractivity contribution in [1.82, 2.24) is 4.98 Å². The molecule has 0 N–H and O–H groups in total. The summed E-state index contributed by atoms with van der Waals surface area (Å²) in [4.78, 5) is 3.74. The zero-order valence-electron chi connectivity index (χ0n) is 72.9. The van der Waals surface area contributed by atoms with Gasteiger partial charge < -0.3 is 49.1 Å². The van der Waals surface area contributed by atoms with E-state index in [0.717, 1.165) is 192 Å². The monoisotopic (exact) mass is 1590 g/mol. The summed E-state index contributed by atoms with van der Waals surface area (Å²) >= 11 is 12.2. The number of fused-ring (bicyclic) bond motifs is 36. The van der Waals surface area contributed by atoms with Crippen LogP contribution in [0.15, 0.2) is 270 Å². The lowest BCUT2D eigenvalue weighted by molar-refractivity contribution is 0.00578. The SMILES string of the molecule is C.CC1(C)OB(c2cccc3c2oc2c4oc5ccccc5c4c4c5ccccc5oc4c32)OC1(C)C.Clc1cccc2c1oc1c3oc4ccccc4c3c3c4ccccc4oc3c21.[2H]C([2H])([2H])c1ccc(-c2cccc3c2oc2c4oc5ccccc5c4c4c5ccccc5oc4c32)cc1CC(C)(C)C.[2H]C([2H])([2H])c1cnc(Cl)cc1C([2H])([2H])C(C)(C)C. The molecule has 13 aromatic carbocycles. The molecule has 0 bridgehead atoms. The van der Waals surface area contributed by atoms with Gasteiger partial charge in [-0.05, 0) is 141 Å². The Morgan fingerprint density at radius 1 is 0.350 bits per heavy atom. The number of nitrogens with zero attached hydrogens (tertiary/aromatic N) is 1. The van der Waals surface area contributed by atoms with Crippen LogP contribution in [0.3, 0.4) is 0 Å². The Morgan fingerprint density at radius 2 is 0.709 bits per heavy atom. The van der Waals surface area contributed by atoms with Gasteiger partial charge in [-0.15, -0.1) is 0 Å². The summed E-state index contributed by atoms with van der Waals surface area (Å²) in [7, 11) is -0.545. The van der Waals surface area contributed by atoms with Crippen LogP contribution in [0.2, 0.25) is 10.2 Å². The third-order valence-corrected chi connectivity index (χ3v) is 23.3. The fourth-order valence-corrected chi connectivity index (χ4v) is 17.4. The fourth-order valence-electron chi connectivity index (χ4n) is 17.1. The van der Waals surface area contributed by atoms with E-state index in [1.165, 1.54) is 6.07 Å². The Kier molecular flexibility index (Phi) is 15.0. The number of para-hydroxylation sites is 9. The highest BCUT2D eigenvalue weighted by molar-refractivity contribution is 6.65. The highest BCUT2D eigenvalue weighted by atomic mass is 35.5. The van der Waals surface area contributed by atoms with Gasteiger partial charge in [0.05, 0.1) is 32.4 Å². The normalized spacial score (nSPS) is 15.3. The van der Waals surface area contributed by atoms with E-state index in [-0.39, 0.29) is 29.1 Å². The second-order valence-corrected chi connectivity index (χ2v) is 34.2. The van der Waals surface area contributed by atoms with Crippen LogP contribution in [0, 0.1) is 24.5 Å². The first-order chi connectivity index (χ1) is 59.1. The molecule has 0 atom stereocenters. The number of halogens is 2. The molecule has 24 rings (SSSR count). The van der Waals surface area contributed by atoms with E-state index in [1.807, 2.05) is 164 Å². The van der Waals surface area contributed by atoms with Crippen LogP contribution in [-0.2, 0) is 22.1 Å². The summed E-state index contributed by atoms with van der Waals surface area (Å²) in [6.07, 6.45) is -0.0402. The molecule has 1 fully saturated rings. The van der Waals surface area contributed by atoms with Crippen LogP contribution in [0.4, 0.5) is 0 Å². The Hall–Kier alpha value is -12.2. The quantitative estimate of drug-likeness (QED) is 0.122. The molecule has 15 heteroatoms. The smallest absolute Gasteiger partial charge is 0.455 e. The van der Waals surface area contributed by atoms with Crippen LogP contribution in [-0.4, -0.2) is 23.3 Å². The number of pyridine rings is 1. The standard InChI is InChI=1S/C36H28O3.C30H23BO5.C24H11ClO3.C11H16ClN.CH4/c1-20-16-17-21(18-22(20)19-36(2,3)4)23-12-9-13-26-31-33-29(24-10-5-7-14-27(24)37-33)30-25-11-6-8-15-28(25)38-34(30)35(31)39-32(23)26;1-29(2)30(3,4)36-31(35-29)19-13-9-12-18-24-26-22(16-10-5-7-14-20(16)32-26)23-17-11-6-8-15-21(17)33-27(23)28(24)34-25(18)19;25-15-9-5-8-14-20-22-18(12-6-1-3-10-16(12)26-22)19-13-7-2-4-11-17(13)27-23(19)24(20)28-21(14)15;1-8-7-13-10(12)5-9(8)6-11(2,3)4;/h5-18H,19H2,1-4H3;5-15H,1-4H3;1-11H;5,7H,6H2,1-4H3;1H4/i1D3;;;1D3,6D2;. The maximum atomic E-state index is 8.17. The van der Waals surface area contributed by atoms with Crippen LogP contribution < -0.4 is 5.46 Å². The van der Waals surface area contributed by atoms with E-state index in [2.05, 4.69) is 102 Å². The highest BCUT2D eigenvalue weighted by Gasteiger charge is 2.53. The second kappa shape index (κ2) is 26.9. The number of aryl methyl sites for hydroxylation is 2. The molecule has 0 radical (unpaired) electrons. The third-order valence-electron chi connectivity index (χ3n) is 22.8. The number of rotatable bonds is 4. The molecule has 1 aliphatic rings. The molecule has 10 aromatic heterocycles. The Balaban J connectivity index is 0.000000109. The molecule has 578 valence electrons. The van der Waals surface area contributed by atoms with Crippen LogP contribution in [0.1, 0.15) is 110 Å². The van der Waals surface area contributed by atoms with Crippen molar-refractivity contribution in [3.8, 4) is 11.1 Å². The Morgan fingerprint density at radius 3 is 1.14 bits per heavy atom. The molecular formula is C102H82BCl2NO11. The molecule has 117 heavy (non-hydrogen) atoms. The molecule has 0 aliphatic carbocycles. The lowest BCUT2D eigenvalue weighted by Gasteiger charge is -2.32. The summed E-state index contributed by atoms with van der Waals surface area (Å²) in [5.74, 6) is 0. The molecular weight excluding hydrogens is 1500 g/mol. The van der Waals surface area contributed by atoms with Crippen molar-refractivity contribution in [2.75, 3.05) is 0 Å². The van der Waals surface area contributed by atoms with Gasteiger partial charge in [0.1, 0.15) is 66.6 Å². The average Bonchev–Trinajstić information content (AvgIpc) is 1.54.